The summed E-state index contributed by atoms with van der Waals surface area (Å²) in [6.45, 7) is 2.10. The maximum atomic E-state index is 4.02. The molecule has 0 atom stereocenters. The van der Waals surface area contributed by atoms with Crippen LogP contribution >= 0.6 is 11.8 Å². The molecule has 0 amide bonds. The Kier molecular flexibility index (Phi) is 2.10. The van der Waals surface area contributed by atoms with Gasteiger partial charge in [0, 0.05) is 7.05 Å². The molecule has 0 saturated heterocycles. The third-order valence-corrected chi connectivity index (χ3v) is 1.86. The third-order valence-electron chi connectivity index (χ3n) is 0.943. The molecule has 0 fully saturated rings. The molecule has 0 unspecified atom stereocenters. The first-order valence-electron chi connectivity index (χ1n) is 2.81. The molecule has 0 aliphatic rings. The monoisotopic (exact) mass is 143 g/mol. The van der Waals surface area contributed by atoms with Gasteiger partial charge in [0.2, 0.25) is 0 Å². The predicted molar refractivity (Wildman–Crippen MR) is 37.4 cm³/mol. The van der Waals surface area contributed by atoms with Gasteiger partial charge in [-0.2, -0.15) is 5.10 Å². The molecular formula is C5H9N3S. The molecule has 3 nitrogen and oxygen atoms in total. The number of hydrogen-bond acceptors (Lipinski definition) is 3. The van der Waals surface area contributed by atoms with Crippen molar-refractivity contribution in [1.29, 1.82) is 0 Å². The quantitative estimate of drug-likeness (QED) is 0.577. The summed E-state index contributed by atoms with van der Waals surface area (Å²) < 4.78 is 1.77. The van der Waals surface area contributed by atoms with Crippen molar-refractivity contribution in [2.75, 3.05) is 5.75 Å². The molecule has 0 radical (unpaired) electrons. The third kappa shape index (κ3) is 1.45. The van der Waals surface area contributed by atoms with Crippen molar-refractivity contribution in [3.8, 4) is 0 Å². The number of nitrogens with zero attached hydrogens (tertiary/aromatic N) is 3. The summed E-state index contributed by atoms with van der Waals surface area (Å²) in [5.74, 6) is 1.05. The SMILES string of the molecule is CCSc1ncnn1C. The minimum Gasteiger partial charge on any atom is -0.244 e. The average Bonchev–Trinajstić information content (AvgIpc) is 2.18. The Morgan fingerprint density at radius 3 is 3.00 bits per heavy atom. The molecule has 1 heterocycles. The van der Waals surface area contributed by atoms with Crippen LogP contribution in [0.25, 0.3) is 0 Å². The standard InChI is InChI=1S/C5H9N3S/c1-3-9-5-6-4-7-8(5)2/h4H,3H2,1-2H3. The minimum absolute atomic E-state index is 0.984. The second-order valence-electron chi connectivity index (χ2n) is 1.60. The van der Waals surface area contributed by atoms with Gasteiger partial charge in [-0.3, -0.25) is 0 Å². The van der Waals surface area contributed by atoms with E-state index >= 15 is 0 Å². The predicted octanol–water partition coefficient (Wildman–Crippen LogP) is 0.927. The van der Waals surface area contributed by atoms with Gasteiger partial charge in [-0.15, -0.1) is 0 Å². The number of aromatic nitrogens is 3. The van der Waals surface area contributed by atoms with Crippen LogP contribution in [0.15, 0.2) is 11.5 Å². The second-order valence-corrected chi connectivity index (χ2v) is 2.83. The zero-order valence-electron chi connectivity index (χ0n) is 5.53. The largest absolute Gasteiger partial charge is 0.244 e. The number of hydrogen-bond donors (Lipinski definition) is 0. The summed E-state index contributed by atoms with van der Waals surface area (Å²) in [5.41, 5.74) is 0. The summed E-state index contributed by atoms with van der Waals surface area (Å²) in [6.07, 6.45) is 1.57. The molecule has 0 aromatic carbocycles. The van der Waals surface area contributed by atoms with Crippen LogP contribution < -0.4 is 0 Å². The van der Waals surface area contributed by atoms with Gasteiger partial charge < -0.3 is 0 Å². The minimum atomic E-state index is 0.984. The van der Waals surface area contributed by atoms with Crippen molar-refractivity contribution in [1.82, 2.24) is 14.8 Å². The Hall–Kier alpha value is -0.510. The summed E-state index contributed by atoms with van der Waals surface area (Å²) in [4.78, 5) is 4.02. The van der Waals surface area contributed by atoms with Crippen LogP contribution in [0, 0.1) is 0 Å². The van der Waals surface area contributed by atoms with Gasteiger partial charge in [0.25, 0.3) is 0 Å². The molecule has 0 N–H and O–H groups in total. The summed E-state index contributed by atoms with van der Waals surface area (Å²) in [7, 11) is 1.89. The van der Waals surface area contributed by atoms with E-state index in [1.165, 1.54) is 0 Å². The van der Waals surface area contributed by atoms with Crippen LogP contribution in [0.3, 0.4) is 0 Å². The number of rotatable bonds is 2. The van der Waals surface area contributed by atoms with Gasteiger partial charge >= 0.3 is 0 Å². The Labute approximate surface area is 58.5 Å². The van der Waals surface area contributed by atoms with Gasteiger partial charge in [0.1, 0.15) is 6.33 Å². The molecule has 50 valence electrons. The molecule has 0 bridgehead atoms. The van der Waals surface area contributed by atoms with Crippen LogP contribution in [0.5, 0.6) is 0 Å². The van der Waals surface area contributed by atoms with Crippen LogP contribution in [0.4, 0.5) is 0 Å². The van der Waals surface area contributed by atoms with E-state index in [4.69, 9.17) is 0 Å². The van der Waals surface area contributed by atoms with E-state index in [1.54, 1.807) is 22.8 Å². The molecule has 4 heteroatoms. The van der Waals surface area contributed by atoms with E-state index in [2.05, 4.69) is 17.0 Å². The lowest BCUT2D eigenvalue weighted by atomic mass is 11.0. The fourth-order valence-electron chi connectivity index (χ4n) is 0.545. The second kappa shape index (κ2) is 2.87. The summed E-state index contributed by atoms with van der Waals surface area (Å²) >= 11 is 1.70. The first-order valence-corrected chi connectivity index (χ1v) is 3.80. The van der Waals surface area contributed by atoms with Crippen LogP contribution in [0.1, 0.15) is 6.92 Å². The fourth-order valence-corrected chi connectivity index (χ4v) is 1.16. The van der Waals surface area contributed by atoms with Crippen LogP contribution in [-0.4, -0.2) is 20.5 Å². The van der Waals surface area contributed by atoms with Crippen molar-refractivity contribution >= 4 is 11.8 Å². The molecule has 1 aromatic rings. The zero-order valence-corrected chi connectivity index (χ0v) is 6.35. The Morgan fingerprint density at radius 2 is 2.56 bits per heavy atom. The van der Waals surface area contributed by atoms with E-state index in [1.807, 2.05) is 7.05 Å². The maximum Gasteiger partial charge on any atom is 0.185 e. The highest BCUT2D eigenvalue weighted by atomic mass is 32.2. The first kappa shape index (κ1) is 6.61. The van der Waals surface area contributed by atoms with Crippen molar-refractivity contribution in [2.24, 2.45) is 7.05 Å². The normalized spacial score (nSPS) is 10.0. The van der Waals surface area contributed by atoms with E-state index in [0.717, 1.165) is 10.9 Å². The van der Waals surface area contributed by atoms with Gasteiger partial charge in [0.05, 0.1) is 0 Å². The smallest absolute Gasteiger partial charge is 0.185 e. The van der Waals surface area contributed by atoms with Gasteiger partial charge in [-0.05, 0) is 5.75 Å². The first-order chi connectivity index (χ1) is 4.34. The Balaban J connectivity index is 2.69. The highest BCUT2D eigenvalue weighted by Gasteiger charge is 1.95. The van der Waals surface area contributed by atoms with E-state index < -0.39 is 0 Å². The molecule has 0 aliphatic heterocycles. The molecule has 1 aromatic heterocycles. The van der Waals surface area contributed by atoms with Crippen LogP contribution in [-0.2, 0) is 7.05 Å². The molecule has 9 heavy (non-hydrogen) atoms. The highest BCUT2D eigenvalue weighted by Crippen LogP contribution is 2.10. The lowest BCUT2D eigenvalue weighted by Crippen LogP contribution is -1.92. The summed E-state index contributed by atoms with van der Waals surface area (Å²) in [5, 5.41) is 4.90. The van der Waals surface area contributed by atoms with E-state index in [-0.39, 0.29) is 0 Å². The van der Waals surface area contributed by atoms with Gasteiger partial charge in [-0.25, -0.2) is 9.67 Å². The molecule has 1 rings (SSSR count). The molecule has 0 saturated carbocycles. The van der Waals surface area contributed by atoms with Crippen molar-refractivity contribution in [2.45, 2.75) is 12.1 Å². The lowest BCUT2D eigenvalue weighted by molar-refractivity contribution is 0.685. The number of aryl methyl sites for hydroxylation is 1. The topological polar surface area (TPSA) is 30.7 Å². The molecule has 0 aliphatic carbocycles. The Bertz CT molecular complexity index is 184. The summed E-state index contributed by atoms with van der Waals surface area (Å²) in [6, 6.07) is 0. The van der Waals surface area contributed by atoms with Crippen LogP contribution in [0.2, 0.25) is 0 Å². The van der Waals surface area contributed by atoms with Crippen molar-refractivity contribution < 1.29 is 0 Å². The van der Waals surface area contributed by atoms with Crippen molar-refractivity contribution in [3.05, 3.63) is 6.33 Å². The lowest BCUT2D eigenvalue weighted by Gasteiger charge is -1.93. The molecule has 0 spiro atoms. The highest BCUT2D eigenvalue weighted by molar-refractivity contribution is 7.99. The molecular weight excluding hydrogens is 134 g/mol. The Morgan fingerprint density at radius 1 is 1.78 bits per heavy atom. The average molecular weight is 143 g/mol. The number of thioether (sulfide) groups is 1. The van der Waals surface area contributed by atoms with E-state index in [9.17, 15) is 0 Å². The van der Waals surface area contributed by atoms with Gasteiger partial charge in [-0.1, -0.05) is 18.7 Å². The zero-order chi connectivity index (χ0) is 6.69. The van der Waals surface area contributed by atoms with E-state index in [0.29, 0.717) is 0 Å². The van der Waals surface area contributed by atoms with Gasteiger partial charge in [0.15, 0.2) is 5.16 Å². The maximum absolute atomic E-state index is 4.02. The fraction of sp³-hybridized carbons (Fsp3) is 0.600. The van der Waals surface area contributed by atoms with Crippen molar-refractivity contribution in [3.63, 3.8) is 0 Å².